The maximum absolute atomic E-state index is 6.28. The van der Waals surface area contributed by atoms with Crippen LogP contribution in [0.1, 0.15) is 31.9 Å². The maximum Gasteiger partial charge on any atom is 0.218 e. The Kier molecular flexibility index (Phi) is 6.63. The summed E-state index contributed by atoms with van der Waals surface area (Å²) in [6.07, 6.45) is 3.23. The van der Waals surface area contributed by atoms with Gasteiger partial charge in [-0.05, 0) is 30.6 Å². The minimum absolute atomic E-state index is 0.0539. The van der Waals surface area contributed by atoms with Crippen LogP contribution in [-0.2, 0) is 4.43 Å². The second kappa shape index (κ2) is 7.27. The maximum atomic E-state index is 6.28. The van der Waals surface area contributed by atoms with Gasteiger partial charge in [0.05, 0.1) is 0 Å². The van der Waals surface area contributed by atoms with E-state index in [2.05, 4.69) is 52.9 Å². The average Bonchev–Trinajstić information content (AvgIpc) is 2.31. The molecule has 0 fully saturated rings. The Hall–Kier alpha value is 0.00688. The molecule has 1 aromatic carbocycles. The number of alkyl halides is 3. The molecule has 0 spiro atoms. The van der Waals surface area contributed by atoms with Gasteiger partial charge in [-0.25, -0.2) is 0 Å². The first kappa shape index (κ1) is 20.1. The summed E-state index contributed by atoms with van der Waals surface area (Å²) in [5.74, 6) is 0. The number of benzene rings is 1. The van der Waals surface area contributed by atoms with Gasteiger partial charge in [0.2, 0.25) is 3.79 Å². The number of rotatable bonds is 4. The van der Waals surface area contributed by atoms with Crippen molar-refractivity contribution in [2.45, 2.75) is 55.7 Å². The summed E-state index contributed by atoms with van der Waals surface area (Å²) >= 11 is 18.4. The van der Waals surface area contributed by atoms with Crippen LogP contribution in [0, 0.1) is 6.92 Å². The van der Waals surface area contributed by atoms with Crippen LogP contribution in [0.3, 0.4) is 0 Å². The van der Waals surface area contributed by atoms with E-state index in [1.165, 1.54) is 5.56 Å². The molecule has 0 heterocycles. The first-order valence-electron chi connectivity index (χ1n) is 7.32. The molecule has 1 rings (SSSR count). The fourth-order valence-electron chi connectivity index (χ4n) is 1.68. The van der Waals surface area contributed by atoms with Crippen molar-refractivity contribution in [1.82, 2.24) is 0 Å². The zero-order chi connectivity index (χ0) is 17.2. The molecule has 124 valence electrons. The van der Waals surface area contributed by atoms with E-state index in [9.17, 15) is 0 Å². The number of halogens is 3. The highest BCUT2D eigenvalue weighted by molar-refractivity contribution is 6.74. The average molecular weight is 380 g/mol. The van der Waals surface area contributed by atoms with E-state index in [0.717, 1.165) is 5.56 Å². The van der Waals surface area contributed by atoms with E-state index in [-0.39, 0.29) is 5.04 Å². The molecule has 1 atom stereocenters. The predicted octanol–water partition coefficient (Wildman–Crippen LogP) is 6.77. The quantitative estimate of drug-likeness (QED) is 0.414. The molecule has 1 aromatic rings. The minimum atomic E-state index is -2.03. The molecule has 0 bridgehead atoms. The Balaban J connectivity index is 3.01. The third-order valence-electron chi connectivity index (χ3n) is 4.06. The third-order valence-corrected chi connectivity index (χ3v) is 9.16. The lowest BCUT2D eigenvalue weighted by atomic mass is 10.1. The zero-order valence-corrected chi connectivity index (χ0v) is 17.4. The summed E-state index contributed by atoms with van der Waals surface area (Å²) in [4.78, 5) is 0. The number of aryl methyl sites for hydroxylation is 1. The molecule has 1 nitrogen and oxygen atoms in total. The summed E-state index contributed by atoms with van der Waals surface area (Å²) in [6.45, 7) is 12.8. The van der Waals surface area contributed by atoms with Gasteiger partial charge in [-0.2, -0.15) is 0 Å². The minimum Gasteiger partial charge on any atom is -0.406 e. The largest absolute Gasteiger partial charge is 0.406 e. The van der Waals surface area contributed by atoms with Crippen molar-refractivity contribution in [3.63, 3.8) is 0 Å². The first-order valence-corrected chi connectivity index (χ1v) is 11.4. The van der Waals surface area contributed by atoms with Crippen LogP contribution >= 0.6 is 34.8 Å². The van der Waals surface area contributed by atoms with Crippen molar-refractivity contribution >= 4 is 49.2 Å². The van der Waals surface area contributed by atoms with Gasteiger partial charge >= 0.3 is 0 Å². The van der Waals surface area contributed by atoms with Gasteiger partial charge in [0, 0.05) is 0 Å². The van der Waals surface area contributed by atoms with Crippen molar-refractivity contribution < 1.29 is 4.43 Å². The second-order valence-electron chi connectivity index (χ2n) is 7.11. The van der Waals surface area contributed by atoms with Crippen molar-refractivity contribution in [3.8, 4) is 0 Å². The Bertz CT molecular complexity index is 527. The van der Waals surface area contributed by atoms with E-state index < -0.39 is 18.2 Å². The third kappa shape index (κ3) is 5.90. The zero-order valence-electron chi connectivity index (χ0n) is 14.1. The van der Waals surface area contributed by atoms with Gasteiger partial charge < -0.3 is 4.43 Å². The number of hydrogen-bond donors (Lipinski definition) is 0. The molecule has 0 amide bonds. The molecule has 0 radical (unpaired) electrons. The van der Waals surface area contributed by atoms with Crippen molar-refractivity contribution in [2.24, 2.45) is 0 Å². The van der Waals surface area contributed by atoms with Gasteiger partial charge in [0.1, 0.15) is 6.10 Å². The van der Waals surface area contributed by atoms with E-state index in [1.54, 1.807) is 0 Å². The lowest BCUT2D eigenvalue weighted by molar-refractivity contribution is 0.229. The van der Waals surface area contributed by atoms with Crippen LogP contribution in [0.25, 0.3) is 6.08 Å². The summed E-state index contributed by atoms with van der Waals surface area (Å²) < 4.78 is 4.78. The Morgan fingerprint density at radius 3 is 2.18 bits per heavy atom. The van der Waals surface area contributed by atoms with Gasteiger partial charge in [0.25, 0.3) is 0 Å². The van der Waals surface area contributed by atoms with E-state index >= 15 is 0 Å². The Labute approximate surface area is 150 Å². The highest BCUT2D eigenvalue weighted by Gasteiger charge is 2.43. The molecular weight excluding hydrogens is 355 g/mol. The van der Waals surface area contributed by atoms with Gasteiger partial charge in [0.15, 0.2) is 8.32 Å². The molecule has 5 heteroatoms. The Morgan fingerprint density at radius 2 is 1.73 bits per heavy atom. The SMILES string of the molecule is Cc1cccc(/C=C/C(O[Si](C)(C)C(C)(C)C)C(Cl)(Cl)Cl)c1. The van der Waals surface area contributed by atoms with Crippen LogP contribution in [0.4, 0.5) is 0 Å². The second-order valence-corrected chi connectivity index (χ2v) is 14.2. The topological polar surface area (TPSA) is 9.23 Å². The Morgan fingerprint density at radius 1 is 1.14 bits per heavy atom. The molecule has 0 aromatic heterocycles. The van der Waals surface area contributed by atoms with E-state index in [1.807, 2.05) is 24.3 Å². The highest BCUT2D eigenvalue weighted by Crippen LogP contribution is 2.42. The van der Waals surface area contributed by atoms with Gasteiger partial charge in [-0.3, -0.25) is 0 Å². The summed E-state index contributed by atoms with van der Waals surface area (Å²) in [7, 11) is -2.03. The predicted molar refractivity (Wildman–Crippen MR) is 103 cm³/mol. The van der Waals surface area contributed by atoms with Crippen molar-refractivity contribution in [3.05, 3.63) is 41.5 Å². The van der Waals surface area contributed by atoms with Crippen LogP contribution in [0.15, 0.2) is 30.3 Å². The van der Waals surface area contributed by atoms with Crippen LogP contribution < -0.4 is 0 Å². The molecule has 0 aliphatic rings. The molecule has 0 N–H and O–H groups in total. The van der Waals surface area contributed by atoms with Crippen LogP contribution in [0.5, 0.6) is 0 Å². The molecule has 0 aliphatic heterocycles. The normalized spacial score (nSPS) is 15.3. The smallest absolute Gasteiger partial charge is 0.218 e. The lowest BCUT2D eigenvalue weighted by Crippen LogP contribution is -2.46. The van der Waals surface area contributed by atoms with Gasteiger partial charge in [-0.15, -0.1) is 0 Å². The van der Waals surface area contributed by atoms with E-state index in [4.69, 9.17) is 39.2 Å². The van der Waals surface area contributed by atoms with E-state index in [0.29, 0.717) is 0 Å². The molecule has 0 saturated carbocycles. The number of hydrogen-bond acceptors (Lipinski definition) is 1. The standard InChI is InChI=1S/C17H25Cl3OSi/c1-13-8-7-9-14(12-13)10-11-15(17(18,19)20)21-22(5,6)16(2,3)4/h7-12,15H,1-6H3/b11-10+. The first-order chi connectivity index (χ1) is 9.83. The van der Waals surface area contributed by atoms with Crippen molar-refractivity contribution in [1.29, 1.82) is 0 Å². The fourth-order valence-corrected chi connectivity index (χ4v) is 3.50. The summed E-state index contributed by atoms with van der Waals surface area (Å²) in [5.41, 5.74) is 2.26. The highest BCUT2D eigenvalue weighted by atomic mass is 35.6. The summed E-state index contributed by atoms with van der Waals surface area (Å²) in [6, 6.07) is 8.16. The fraction of sp³-hybridized carbons (Fsp3) is 0.529. The molecule has 0 saturated heterocycles. The molecule has 0 aliphatic carbocycles. The molecule has 1 unspecified atom stereocenters. The van der Waals surface area contributed by atoms with Crippen LogP contribution in [0.2, 0.25) is 18.1 Å². The molecule has 22 heavy (non-hydrogen) atoms. The van der Waals surface area contributed by atoms with Crippen LogP contribution in [-0.4, -0.2) is 18.2 Å². The van der Waals surface area contributed by atoms with Crippen molar-refractivity contribution in [2.75, 3.05) is 0 Å². The lowest BCUT2D eigenvalue weighted by Gasteiger charge is -2.40. The monoisotopic (exact) mass is 378 g/mol. The summed E-state index contributed by atoms with van der Waals surface area (Å²) in [5, 5.41) is 0.0539. The molecular formula is C17H25Cl3OSi. The van der Waals surface area contributed by atoms with Gasteiger partial charge in [-0.1, -0.05) is 97.6 Å².